The zero-order chi connectivity index (χ0) is 18.6. The van der Waals surface area contributed by atoms with Gasteiger partial charge in [0, 0.05) is 23.4 Å². The van der Waals surface area contributed by atoms with Crippen LogP contribution in [-0.4, -0.2) is 37.1 Å². The van der Waals surface area contributed by atoms with E-state index in [9.17, 15) is 9.59 Å². The first kappa shape index (κ1) is 19.5. The second-order valence-electron chi connectivity index (χ2n) is 6.98. The van der Waals surface area contributed by atoms with Crippen LogP contribution in [0.1, 0.15) is 65.7 Å². The predicted octanol–water partition coefficient (Wildman–Crippen LogP) is 3.95. The van der Waals surface area contributed by atoms with E-state index in [-0.39, 0.29) is 17.9 Å². The minimum Gasteiger partial charge on any atom is -0.466 e. The largest absolute Gasteiger partial charge is 0.466 e. The molecule has 0 N–H and O–H groups in total. The van der Waals surface area contributed by atoms with Crippen LogP contribution in [0.4, 0.5) is 0 Å². The summed E-state index contributed by atoms with van der Waals surface area (Å²) in [6, 6.07) is 0.329. The van der Waals surface area contributed by atoms with Crippen LogP contribution < -0.4 is 0 Å². The molecule has 2 rings (SSSR count). The van der Waals surface area contributed by atoms with Crippen molar-refractivity contribution < 1.29 is 19.1 Å². The predicted molar refractivity (Wildman–Crippen MR) is 96.5 cm³/mol. The Morgan fingerprint density at radius 1 is 0.960 bits per heavy atom. The quantitative estimate of drug-likeness (QED) is 0.704. The lowest BCUT2D eigenvalue weighted by atomic mass is 9.80. The minimum absolute atomic E-state index is 0.259. The van der Waals surface area contributed by atoms with Crippen molar-refractivity contribution in [2.24, 2.45) is 5.92 Å². The number of allylic oxidation sites excluding steroid dienone is 2. The Kier molecular flexibility index (Phi) is 6.68. The molecule has 0 atom stereocenters. The van der Waals surface area contributed by atoms with Crippen molar-refractivity contribution in [3.05, 3.63) is 22.5 Å². The highest BCUT2D eigenvalue weighted by Gasteiger charge is 2.40. The van der Waals surface area contributed by atoms with Gasteiger partial charge < -0.3 is 14.4 Å². The number of hydrogen-bond acceptors (Lipinski definition) is 5. The van der Waals surface area contributed by atoms with Crippen LogP contribution in [0.25, 0.3) is 0 Å². The summed E-state index contributed by atoms with van der Waals surface area (Å²) in [4.78, 5) is 27.3. The lowest BCUT2D eigenvalue weighted by Gasteiger charge is -2.43. The van der Waals surface area contributed by atoms with Crippen LogP contribution in [0.15, 0.2) is 22.5 Å². The van der Waals surface area contributed by atoms with Crippen LogP contribution in [0.2, 0.25) is 0 Å². The smallest absolute Gasteiger partial charge is 0.336 e. The van der Waals surface area contributed by atoms with E-state index in [1.54, 1.807) is 0 Å². The molecule has 1 heterocycles. The second-order valence-corrected chi connectivity index (χ2v) is 6.98. The summed E-state index contributed by atoms with van der Waals surface area (Å²) in [5.74, 6) is -0.943. The molecule has 0 aromatic rings. The van der Waals surface area contributed by atoms with Gasteiger partial charge in [0.2, 0.25) is 0 Å². The number of hydrogen-bond donors (Lipinski definition) is 0. The second kappa shape index (κ2) is 8.54. The molecule has 1 aliphatic carbocycles. The maximum absolute atomic E-state index is 12.6. The lowest BCUT2D eigenvalue weighted by Crippen LogP contribution is -2.42. The van der Waals surface area contributed by atoms with E-state index in [0.29, 0.717) is 17.2 Å². The normalized spacial score (nSPS) is 20.1. The number of esters is 2. The summed E-state index contributed by atoms with van der Waals surface area (Å²) < 4.78 is 10.1. The van der Waals surface area contributed by atoms with Crippen molar-refractivity contribution in [3.63, 3.8) is 0 Å². The molecule has 0 spiro atoms. The van der Waals surface area contributed by atoms with Crippen molar-refractivity contribution in [1.29, 1.82) is 0 Å². The Labute approximate surface area is 151 Å². The van der Waals surface area contributed by atoms with Crippen LogP contribution in [0, 0.1) is 5.92 Å². The molecule has 1 saturated carbocycles. The maximum atomic E-state index is 12.6. The van der Waals surface area contributed by atoms with E-state index in [4.69, 9.17) is 9.47 Å². The molecule has 140 valence electrons. The van der Waals surface area contributed by atoms with Crippen molar-refractivity contribution in [2.75, 3.05) is 14.2 Å². The van der Waals surface area contributed by atoms with Gasteiger partial charge in [0.15, 0.2) is 0 Å². The molecule has 5 nitrogen and oxygen atoms in total. The Morgan fingerprint density at radius 3 is 1.84 bits per heavy atom. The van der Waals surface area contributed by atoms with Crippen molar-refractivity contribution in [1.82, 2.24) is 4.90 Å². The average molecular weight is 349 g/mol. The maximum Gasteiger partial charge on any atom is 0.336 e. The third kappa shape index (κ3) is 3.75. The van der Waals surface area contributed by atoms with Crippen molar-refractivity contribution in [3.8, 4) is 0 Å². The van der Waals surface area contributed by atoms with E-state index >= 15 is 0 Å². The molecule has 5 heteroatoms. The van der Waals surface area contributed by atoms with Gasteiger partial charge in [0.05, 0.1) is 25.4 Å². The summed E-state index contributed by atoms with van der Waals surface area (Å²) in [7, 11) is 2.80. The zero-order valence-corrected chi connectivity index (χ0v) is 16.2. The molecule has 0 bridgehead atoms. The molecule has 1 fully saturated rings. The van der Waals surface area contributed by atoms with E-state index < -0.39 is 0 Å². The van der Waals surface area contributed by atoms with E-state index in [1.165, 1.54) is 33.5 Å². The van der Waals surface area contributed by atoms with Gasteiger partial charge in [0.25, 0.3) is 0 Å². The van der Waals surface area contributed by atoms with Crippen LogP contribution >= 0.6 is 0 Å². The van der Waals surface area contributed by atoms with E-state index in [0.717, 1.165) is 37.1 Å². The molecule has 2 aliphatic rings. The highest BCUT2D eigenvalue weighted by Crippen LogP contribution is 2.42. The fraction of sp³-hybridized carbons (Fsp3) is 0.700. The summed E-state index contributed by atoms with van der Waals surface area (Å²) in [5, 5.41) is 0. The number of methoxy groups -OCH3 is 2. The standard InChI is InChI=1S/C20H31NO4/c1-6-10-16-17(19(22)24-4)13(2)21(15-11-8-7-9-12-15)14(3)18(16)20(23)25-5/h15-16H,6-12H2,1-5H3. The SMILES string of the molecule is CCCC1C(C(=O)OC)=C(C)N(C2CCCCC2)C(C)=C1C(=O)OC. The van der Waals surface area contributed by atoms with E-state index in [1.807, 2.05) is 13.8 Å². The Morgan fingerprint density at radius 2 is 1.44 bits per heavy atom. The molecular weight excluding hydrogens is 318 g/mol. The molecule has 0 saturated heterocycles. The Balaban J connectivity index is 2.59. The molecule has 0 aromatic heterocycles. The van der Waals surface area contributed by atoms with Gasteiger partial charge in [-0.05, 0) is 33.1 Å². The first-order valence-corrected chi connectivity index (χ1v) is 9.35. The monoisotopic (exact) mass is 349 g/mol. The number of carbonyl (C=O) groups excluding carboxylic acids is 2. The van der Waals surface area contributed by atoms with Gasteiger partial charge in [-0.3, -0.25) is 0 Å². The van der Waals surface area contributed by atoms with Crippen LogP contribution in [0.3, 0.4) is 0 Å². The fourth-order valence-corrected chi connectivity index (χ4v) is 4.42. The summed E-state index contributed by atoms with van der Waals surface area (Å²) in [5.41, 5.74) is 3.09. The summed E-state index contributed by atoms with van der Waals surface area (Å²) in [6.45, 7) is 6.03. The third-order valence-electron chi connectivity index (χ3n) is 5.53. The molecular formula is C20H31NO4. The van der Waals surface area contributed by atoms with Crippen molar-refractivity contribution >= 4 is 11.9 Å². The number of nitrogens with zero attached hydrogens (tertiary/aromatic N) is 1. The zero-order valence-electron chi connectivity index (χ0n) is 16.2. The Bertz CT molecular complexity index is 545. The third-order valence-corrected chi connectivity index (χ3v) is 5.53. The van der Waals surface area contributed by atoms with Gasteiger partial charge in [-0.15, -0.1) is 0 Å². The van der Waals surface area contributed by atoms with Gasteiger partial charge in [-0.2, -0.15) is 0 Å². The first-order chi connectivity index (χ1) is 12.0. The molecule has 25 heavy (non-hydrogen) atoms. The molecule has 0 amide bonds. The van der Waals surface area contributed by atoms with Gasteiger partial charge in [-0.1, -0.05) is 32.6 Å². The number of rotatable bonds is 5. The highest BCUT2D eigenvalue weighted by molar-refractivity contribution is 5.97. The average Bonchev–Trinajstić information content (AvgIpc) is 2.62. The number of ether oxygens (including phenoxy) is 2. The van der Waals surface area contributed by atoms with Crippen molar-refractivity contribution in [2.45, 2.75) is 71.8 Å². The molecule has 0 unspecified atom stereocenters. The Hall–Kier alpha value is -1.78. The van der Waals surface area contributed by atoms with Gasteiger partial charge >= 0.3 is 11.9 Å². The fourth-order valence-electron chi connectivity index (χ4n) is 4.42. The van der Waals surface area contributed by atoms with Crippen LogP contribution in [-0.2, 0) is 19.1 Å². The molecule has 0 radical (unpaired) electrons. The topological polar surface area (TPSA) is 55.8 Å². The van der Waals surface area contributed by atoms with Crippen LogP contribution in [0.5, 0.6) is 0 Å². The first-order valence-electron chi connectivity index (χ1n) is 9.35. The highest BCUT2D eigenvalue weighted by atomic mass is 16.5. The lowest BCUT2D eigenvalue weighted by molar-refractivity contribution is -0.138. The summed E-state index contributed by atoms with van der Waals surface area (Å²) in [6.07, 6.45) is 7.37. The molecule has 1 aliphatic heterocycles. The van der Waals surface area contributed by atoms with Gasteiger partial charge in [0.1, 0.15) is 0 Å². The molecule has 0 aromatic carbocycles. The minimum atomic E-state index is -0.342. The van der Waals surface area contributed by atoms with Gasteiger partial charge in [-0.25, -0.2) is 9.59 Å². The van der Waals surface area contributed by atoms with E-state index in [2.05, 4.69) is 11.8 Å². The summed E-state index contributed by atoms with van der Waals surface area (Å²) >= 11 is 0. The number of carbonyl (C=O) groups is 2.